The van der Waals surface area contributed by atoms with E-state index in [1.165, 1.54) is 18.4 Å². The molecule has 0 aromatic heterocycles. The third-order valence-corrected chi connectivity index (χ3v) is 5.15. The van der Waals surface area contributed by atoms with Gasteiger partial charge in [0.15, 0.2) is 6.10 Å². The molecule has 0 aliphatic heterocycles. The van der Waals surface area contributed by atoms with Crippen molar-refractivity contribution in [3.63, 3.8) is 0 Å². The van der Waals surface area contributed by atoms with Crippen LogP contribution in [0.3, 0.4) is 0 Å². The molecule has 0 heterocycles. The van der Waals surface area contributed by atoms with Crippen LogP contribution in [0, 0.1) is 13.8 Å². The Labute approximate surface area is 161 Å². The van der Waals surface area contributed by atoms with E-state index < -0.39 is 6.10 Å². The number of carbonyl (C=O) groups excluding carboxylic acids is 1. The van der Waals surface area contributed by atoms with Crippen molar-refractivity contribution in [3.05, 3.63) is 53.6 Å². The molecule has 1 fully saturated rings. The monoisotopic (exact) mass is 367 g/mol. The Hall–Kier alpha value is -2.49. The molecule has 4 nitrogen and oxygen atoms in total. The van der Waals surface area contributed by atoms with Crippen molar-refractivity contribution in [2.24, 2.45) is 0 Å². The number of amides is 1. The summed E-state index contributed by atoms with van der Waals surface area (Å²) in [5.74, 6) is 1.44. The average Bonchev–Trinajstić information content (AvgIpc) is 3.17. The largest absolute Gasteiger partial charge is 0.490 e. The fraction of sp³-hybridized carbons (Fsp3) is 0.435. The van der Waals surface area contributed by atoms with Crippen LogP contribution in [-0.4, -0.2) is 18.1 Å². The van der Waals surface area contributed by atoms with Gasteiger partial charge in [0.2, 0.25) is 0 Å². The molecular formula is C23H29NO3. The van der Waals surface area contributed by atoms with Gasteiger partial charge in [-0.1, -0.05) is 13.0 Å². The van der Waals surface area contributed by atoms with Gasteiger partial charge in [0.1, 0.15) is 11.5 Å². The van der Waals surface area contributed by atoms with Crippen molar-refractivity contribution in [3.8, 4) is 11.5 Å². The van der Waals surface area contributed by atoms with E-state index in [0.29, 0.717) is 12.5 Å². The zero-order valence-electron chi connectivity index (χ0n) is 16.5. The maximum Gasteiger partial charge on any atom is 0.265 e. The lowest BCUT2D eigenvalue weighted by Gasteiger charge is -2.18. The molecule has 1 aliphatic rings. The van der Waals surface area contributed by atoms with E-state index in [2.05, 4.69) is 12.2 Å². The van der Waals surface area contributed by atoms with Crippen molar-refractivity contribution in [2.45, 2.75) is 65.1 Å². The average molecular weight is 367 g/mol. The SMILES string of the molecule is CC[C@H](Oc1ccc(C)c(C)c1)C(=O)Nc1ccc(OC2CCCC2)cc1. The molecule has 144 valence electrons. The molecule has 0 radical (unpaired) electrons. The molecule has 1 aliphatic carbocycles. The van der Waals surface area contributed by atoms with Gasteiger partial charge in [-0.05, 0) is 93.5 Å². The summed E-state index contributed by atoms with van der Waals surface area (Å²) in [6, 6.07) is 13.5. The Balaban J connectivity index is 1.57. The minimum absolute atomic E-state index is 0.139. The summed E-state index contributed by atoms with van der Waals surface area (Å²) in [6.45, 7) is 6.05. The van der Waals surface area contributed by atoms with Gasteiger partial charge in [-0.25, -0.2) is 0 Å². The fourth-order valence-electron chi connectivity index (χ4n) is 3.31. The van der Waals surface area contributed by atoms with E-state index in [1.807, 2.05) is 56.3 Å². The lowest BCUT2D eigenvalue weighted by atomic mass is 10.1. The fourth-order valence-corrected chi connectivity index (χ4v) is 3.31. The van der Waals surface area contributed by atoms with Crippen LogP contribution in [0.5, 0.6) is 11.5 Å². The molecule has 1 atom stereocenters. The van der Waals surface area contributed by atoms with Crippen LogP contribution in [0.1, 0.15) is 50.2 Å². The van der Waals surface area contributed by atoms with Gasteiger partial charge in [0.25, 0.3) is 5.91 Å². The van der Waals surface area contributed by atoms with Gasteiger partial charge in [-0.15, -0.1) is 0 Å². The molecule has 2 aromatic carbocycles. The minimum atomic E-state index is -0.526. The molecule has 0 bridgehead atoms. The third-order valence-electron chi connectivity index (χ3n) is 5.15. The molecule has 1 N–H and O–H groups in total. The number of benzene rings is 2. The van der Waals surface area contributed by atoms with E-state index in [1.54, 1.807) is 0 Å². The zero-order chi connectivity index (χ0) is 19.2. The number of aryl methyl sites for hydroxylation is 2. The highest BCUT2D eigenvalue weighted by molar-refractivity contribution is 5.94. The number of rotatable bonds is 7. The second-order valence-electron chi connectivity index (χ2n) is 7.30. The molecule has 1 amide bonds. The van der Waals surface area contributed by atoms with Crippen LogP contribution in [0.25, 0.3) is 0 Å². The number of nitrogens with one attached hydrogen (secondary N) is 1. The first-order chi connectivity index (χ1) is 13.0. The predicted molar refractivity (Wildman–Crippen MR) is 109 cm³/mol. The molecule has 0 unspecified atom stereocenters. The van der Waals surface area contributed by atoms with Gasteiger partial charge >= 0.3 is 0 Å². The van der Waals surface area contributed by atoms with Crippen molar-refractivity contribution < 1.29 is 14.3 Å². The van der Waals surface area contributed by atoms with E-state index >= 15 is 0 Å². The first-order valence-electron chi connectivity index (χ1n) is 9.86. The van der Waals surface area contributed by atoms with E-state index in [4.69, 9.17) is 9.47 Å². The van der Waals surface area contributed by atoms with E-state index in [0.717, 1.165) is 35.6 Å². The molecule has 27 heavy (non-hydrogen) atoms. The lowest BCUT2D eigenvalue weighted by molar-refractivity contribution is -0.122. The van der Waals surface area contributed by atoms with E-state index in [-0.39, 0.29) is 5.91 Å². The van der Waals surface area contributed by atoms with Crippen molar-refractivity contribution in [1.82, 2.24) is 0 Å². The molecule has 4 heteroatoms. The smallest absolute Gasteiger partial charge is 0.265 e. The van der Waals surface area contributed by atoms with Crippen LogP contribution >= 0.6 is 0 Å². The lowest BCUT2D eigenvalue weighted by Crippen LogP contribution is -2.32. The highest BCUT2D eigenvalue weighted by Gasteiger charge is 2.19. The van der Waals surface area contributed by atoms with Crippen LogP contribution in [-0.2, 0) is 4.79 Å². The number of anilines is 1. The Morgan fingerprint density at radius 1 is 1.04 bits per heavy atom. The third kappa shape index (κ3) is 5.25. The van der Waals surface area contributed by atoms with Gasteiger partial charge in [0, 0.05) is 5.69 Å². The Bertz CT molecular complexity index is 764. The van der Waals surface area contributed by atoms with Gasteiger partial charge in [0.05, 0.1) is 6.10 Å². The van der Waals surface area contributed by atoms with E-state index in [9.17, 15) is 4.79 Å². The normalized spacial score (nSPS) is 15.4. The number of carbonyl (C=O) groups is 1. The first-order valence-corrected chi connectivity index (χ1v) is 9.86. The molecule has 0 saturated heterocycles. The highest BCUT2D eigenvalue weighted by atomic mass is 16.5. The van der Waals surface area contributed by atoms with Gasteiger partial charge < -0.3 is 14.8 Å². The molecule has 2 aromatic rings. The maximum absolute atomic E-state index is 12.6. The Morgan fingerprint density at radius 2 is 1.70 bits per heavy atom. The first kappa shape index (κ1) is 19.3. The number of hydrogen-bond donors (Lipinski definition) is 1. The second kappa shape index (κ2) is 8.94. The molecule has 0 spiro atoms. The van der Waals surface area contributed by atoms with Crippen LogP contribution < -0.4 is 14.8 Å². The summed E-state index contributed by atoms with van der Waals surface area (Å²) in [5, 5.41) is 2.94. The zero-order valence-corrected chi connectivity index (χ0v) is 16.5. The number of ether oxygens (including phenoxy) is 2. The quantitative estimate of drug-likeness (QED) is 0.711. The van der Waals surface area contributed by atoms with Gasteiger partial charge in [-0.3, -0.25) is 4.79 Å². The van der Waals surface area contributed by atoms with Crippen molar-refractivity contribution >= 4 is 11.6 Å². The summed E-state index contributed by atoms with van der Waals surface area (Å²) in [7, 11) is 0. The van der Waals surface area contributed by atoms with Crippen molar-refractivity contribution in [2.75, 3.05) is 5.32 Å². The second-order valence-corrected chi connectivity index (χ2v) is 7.30. The standard InChI is InChI=1S/C23H29NO3/c1-4-22(27-21-12-9-16(2)17(3)15-21)23(25)24-18-10-13-20(14-11-18)26-19-7-5-6-8-19/h9-15,19,22H,4-8H2,1-3H3,(H,24,25)/t22-/m0/s1. The van der Waals surface area contributed by atoms with Crippen LogP contribution in [0.15, 0.2) is 42.5 Å². The Kier molecular flexibility index (Phi) is 6.38. The van der Waals surface area contributed by atoms with Gasteiger partial charge in [-0.2, -0.15) is 0 Å². The summed E-state index contributed by atoms with van der Waals surface area (Å²) in [5.41, 5.74) is 3.11. The summed E-state index contributed by atoms with van der Waals surface area (Å²) in [4.78, 5) is 12.6. The topological polar surface area (TPSA) is 47.6 Å². The molecule has 1 saturated carbocycles. The summed E-state index contributed by atoms with van der Waals surface area (Å²) < 4.78 is 11.9. The van der Waals surface area contributed by atoms with Crippen molar-refractivity contribution in [1.29, 1.82) is 0 Å². The maximum atomic E-state index is 12.6. The molecule has 3 rings (SSSR count). The minimum Gasteiger partial charge on any atom is -0.490 e. The number of hydrogen-bond acceptors (Lipinski definition) is 3. The predicted octanol–water partition coefficient (Wildman–Crippen LogP) is 5.42. The van der Waals surface area contributed by atoms with Crippen LogP contribution in [0.2, 0.25) is 0 Å². The highest BCUT2D eigenvalue weighted by Crippen LogP contribution is 2.25. The van der Waals surface area contributed by atoms with Crippen LogP contribution in [0.4, 0.5) is 5.69 Å². The molecular weight excluding hydrogens is 338 g/mol. The summed E-state index contributed by atoms with van der Waals surface area (Å²) >= 11 is 0. The Morgan fingerprint density at radius 3 is 2.33 bits per heavy atom. The summed E-state index contributed by atoms with van der Waals surface area (Å²) in [6.07, 6.45) is 5.17.